The molecule has 18 heavy (non-hydrogen) atoms. The van der Waals surface area contributed by atoms with Crippen molar-refractivity contribution >= 4 is 23.1 Å². The largest absolute Gasteiger partial charge is 0.353 e. The number of fused-ring (bicyclic) bond motifs is 3. The maximum absolute atomic E-state index is 9.05. The van der Waals surface area contributed by atoms with Gasteiger partial charge in [-0.25, -0.2) is 4.98 Å². The van der Waals surface area contributed by atoms with Crippen molar-refractivity contribution < 1.29 is 0 Å². The molecule has 0 radical (unpaired) electrons. The molecule has 6 heteroatoms. The molecule has 0 spiro atoms. The first-order chi connectivity index (χ1) is 8.79. The summed E-state index contributed by atoms with van der Waals surface area (Å²) in [4.78, 5) is 6.66. The summed E-state index contributed by atoms with van der Waals surface area (Å²) in [5.41, 5.74) is 2.10. The topological polar surface area (TPSA) is 57.2 Å². The van der Waals surface area contributed by atoms with Crippen LogP contribution < -0.4 is 4.90 Å². The van der Waals surface area contributed by atoms with E-state index in [1.165, 1.54) is 12.8 Å². The van der Waals surface area contributed by atoms with Crippen LogP contribution in [0, 0.1) is 11.3 Å². The van der Waals surface area contributed by atoms with Gasteiger partial charge in [-0.2, -0.15) is 14.9 Å². The monoisotopic (exact) mass is 259 g/mol. The van der Waals surface area contributed by atoms with Crippen LogP contribution in [0.1, 0.15) is 24.0 Å². The van der Waals surface area contributed by atoms with Gasteiger partial charge < -0.3 is 4.90 Å². The van der Waals surface area contributed by atoms with Crippen molar-refractivity contribution in [2.75, 3.05) is 11.4 Å². The van der Waals surface area contributed by atoms with Gasteiger partial charge >= 0.3 is 0 Å². The van der Waals surface area contributed by atoms with Gasteiger partial charge in [0, 0.05) is 18.2 Å². The predicted molar refractivity (Wildman–Crippen MR) is 66.8 cm³/mol. The summed E-state index contributed by atoms with van der Waals surface area (Å²) in [6.45, 7) is 0.974. The number of hydrogen-bond acceptors (Lipinski definition) is 4. The minimum absolute atomic E-state index is 0.474. The van der Waals surface area contributed by atoms with Crippen molar-refractivity contribution in [3.05, 3.63) is 22.5 Å². The minimum Gasteiger partial charge on any atom is -0.353 e. The van der Waals surface area contributed by atoms with E-state index in [-0.39, 0.29) is 0 Å². The van der Waals surface area contributed by atoms with E-state index in [1.807, 2.05) is 0 Å². The summed E-state index contributed by atoms with van der Waals surface area (Å²) in [5.74, 6) is 1.04. The van der Waals surface area contributed by atoms with Crippen LogP contribution in [0.15, 0.2) is 6.20 Å². The molecule has 3 heterocycles. The summed E-state index contributed by atoms with van der Waals surface area (Å²) >= 11 is 6.24. The van der Waals surface area contributed by atoms with Crippen molar-refractivity contribution in [1.29, 1.82) is 5.26 Å². The number of nitrogens with zero attached hydrogens (tertiary/aromatic N) is 5. The van der Waals surface area contributed by atoms with E-state index < -0.39 is 0 Å². The van der Waals surface area contributed by atoms with E-state index in [1.54, 1.807) is 10.7 Å². The lowest BCUT2D eigenvalue weighted by atomic mass is 10.3. The molecule has 0 aromatic carbocycles. The van der Waals surface area contributed by atoms with Gasteiger partial charge in [0.15, 0.2) is 5.65 Å². The zero-order chi connectivity index (χ0) is 12.3. The van der Waals surface area contributed by atoms with Crippen molar-refractivity contribution in [3.8, 4) is 6.07 Å². The molecule has 90 valence electrons. The Balaban J connectivity index is 2.04. The molecule has 1 aliphatic heterocycles. The highest BCUT2D eigenvalue weighted by atomic mass is 35.5. The van der Waals surface area contributed by atoms with Gasteiger partial charge in [0.2, 0.25) is 0 Å². The third-order valence-electron chi connectivity index (χ3n) is 3.65. The smallest absolute Gasteiger partial charge is 0.176 e. The minimum atomic E-state index is 0.474. The normalized spacial score (nSPS) is 18.1. The highest BCUT2D eigenvalue weighted by Crippen LogP contribution is 2.40. The molecule has 1 saturated carbocycles. The average molecular weight is 260 g/mol. The Morgan fingerprint density at radius 1 is 1.44 bits per heavy atom. The van der Waals surface area contributed by atoms with E-state index in [2.05, 4.69) is 21.1 Å². The van der Waals surface area contributed by atoms with Crippen LogP contribution in [-0.2, 0) is 6.42 Å². The van der Waals surface area contributed by atoms with Gasteiger partial charge in [-0.3, -0.25) is 0 Å². The lowest BCUT2D eigenvalue weighted by Crippen LogP contribution is -2.24. The van der Waals surface area contributed by atoms with Crippen LogP contribution in [0.3, 0.4) is 0 Å². The van der Waals surface area contributed by atoms with E-state index in [0.717, 1.165) is 24.3 Å². The van der Waals surface area contributed by atoms with Crippen molar-refractivity contribution in [2.24, 2.45) is 0 Å². The summed E-state index contributed by atoms with van der Waals surface area (Å²) in [5, 5.41) is 13.9. The van der Waals surface area contributed by atoms with Gasteiger partial charge in [0.25, 0.3) is 0 Å². The number of rotatable bonds is 1. The summed E-state index contributed by atoms with van der Waals surface area (Å²) in [7, 11) is 0. The summed E-state index contributed by atoms with van der Waals surface area (Å²) in [6, 6.07) is 2.72. The average Bonchev–Trinajstić information content (AvgIpc) is 2.98. The first kappa shape index (κ1) is 10.2. The van der Waals surface area contributed by atoms with Gasteiger partial charge in [-0.15, -0.1) is 0 Å². The Morgan fingerprint density at radius 3 is 3.00 bits per heavy atom. The second kappa shape index (κ2) is 3.36. The molecular weight excluding hydrogens is 250 g/mol. The molecule has 0 bridgehead atoms. The van der Waals surface area contributed by atoms with Gasteiger partial charge in [-0.1, -0.05) is 11.6 Å². The van der Waals surface area contributed by atoms with Crippen LogP contribution in [0.4, 0.5) is 5.82 Å². The summed E-state index contributed by atoms with van der Waals surface area (Å²) in [6.07, 6.45) is 4.93. The second-order valence-electron chi connectivity index (χ2n) is 4.78. The Kier molecular flexibility index (Phi) is 1.90. The van der Waals surface area contributed by atoms with E-state index in [4.69, 9.17) is 16.9 Å². The molecular formula is C12H10ClN5. The molecule has 1 aliphatic carbocycles. The lowest BCUT2D eigenvalue weighted by Gasteiger charge is -2.19. The molecule has 0 atom stereocenters. The summed E-state index contributed by atoms with van der Waals surface area (Å²) < 4.78 is 1.77. The van der Waals surface area contributed by atoms with Crippen LogP contribution in [0.5, 0.6) is 0 Å². The molecule has 0 unspecified atom stereocenters. The fourth-order valence-electron chi connectivity index (χ4n) is 2.65. The highest BCUT2D eigenvalue weighted by Gasteiger charge is 2.36. The molecule has 1 fully saturated rings. The van der Waals surface area contributed by atoms with E-state index >= 15 is 0 Å². The number of anilines is 1. The van der Waals surface area contributed by atoms with Crippen LogP contribution in [0.2, 0.25) is 5.15 Å². The zero-order valence-electron chi connectivity index (χ0n) is 9.60. The van der Waals surface area contributed by atoms with Crippen molar-refractivity contribution in [1.82, 2.24) is 14.6 Å². The number of aromatic nitrogens is 3. The number of nitriles is 1. The Hall–Kier alpha value is -1.80. The zero-order valence-corrected chi connectivity index (χ0v) is 10.4. The van der Waals surface area contributed by atoms with Gasteiger partial charge in [-0.05, 0) is 19.3 Å². The first-order valence-electron chi connectivity index (χ1n) is 6.02. The molecule has 2 aromatic heterocycles. The van der Waals surface area contributed by atoms with Gasteiger partial charge in [0.05, 0.1) is 6.20 Å². The SMILES string of the molecule is N#Cc1cnn2c3c(c(Cl)nc12)CCN3C1CC1. The fourth-order valence-corrected chi connectivity index (χ4v) is 2.91. The maximum Gasteiger partial charge on any atom is 0.176 e. The molecule has 5 nitrogen and oxygen atoms in total. The third kappa shape index (κ3) is 1.21. The molecule has 0 saturated heterocycles. The third-order valence-corrected chi connectivity index (χ3v) is 3.96. The van der Waals surface area contributed by atoms with Crippen molar-refractivity contribution in [2.45, 2.75) is 25.3 Å². The predicted octanol–water partition coefficient (Wildman–Crippen LogP) is 1.78. The Morgan fingerprint density at radius 2 is 2.28 bits per heavy atom. The number of halogens is 1. The number of hydrogen-bond donors (Lipinski definition) is 0. The Labute approximate surface area is 109 Å². The van der Waals surface area contributed by atoms with Crippen LogP contribution in [0.25, 0.3) is 5.65 Å². The first-order valence-corrected chi connectivity index (χ1v) is 6.40. The standard InChI is InChI=1S/C12H10ClN5/c13-10-9-3-4-17(8-1-2-8)12(9)18-11(16-10)7(5-14)6-15-18/h6,8H,1-4H2. The molecule has 4 rings (SSSR count). The fraction of sp³-hybridized carbons (Fsp3) is 0.417. The molecule has 0 amide bonds. The molecule has 2 aromatic rings. The van der Waals surface area contributed by atoms with Crippen LogP contribution in [-0.4, -0.2) is 27.2 Å². The maximum atomic E-state index is 9.05. The second-order valence-corrected chi connectivity index (χ2v) is 5.14. The van der Waals surface area contributed by atoms with E-state index in [9.17, 15) is 0 Å². The van der Waals surface area contributed by atoms with Gasteiger partial charge in [0.1, 0.15) is 22.6 Å². The highest BCUT2D eigenvalue weighted by molar-refractivity contribution is 6.30. The Bertz CT molecular complexity index is 695. The molecule has 2 aliphatic rings. The van der Waals surface area contributed by atoms with E-state index in [0.29, 0.717) is 22.4 Å². The van der Waals surface area contributed by atoms with Crippen molar-refractivity contribution in [3.63, 3.8) is 0 Å². The lowest BCUT2D eigenvalue weighted by molar-refractivity contribution is 0.794. The van der Waals surface area contributed by atoms with Crippen LogP contribution >= 0.6 is 11.6 Å². The molecule has 0 N–H and O–H groups in total. The quantitative estimate of drug-likeness (QED) is 0.733.